The van der Waals surface area contributed by atoms with Gasteiger partial charge in [-0.05, 0) is 56.1 Å². The Morgan fingerprint density at radius 3 is 2.79 bits per heavy atom. The van der Waals surface area contributed by atoms with Crippen molar-refractivity contribution in [3.63, 3.8) is 0 Å². The molecule has 4 rings (SSSR count). The van der Waals surface area contributed by atoms with E-state index < -0.39 is 6.04 Å². The molecule has 2 fully saturated rings. The van der Waals surface area contributed by atoms with Gasteiger partial charge < -0.3 is 20.7 Å². The molecular weight excluding hydrogens is 418 g/mol. The Bertz CT molecular complexity index is 987. The van der Waals surface area contributed by atoms with Gasteiger partial charge in [-0.1, -0.05) is 24.3 Å². The molecule has 0 radical (unpaired) electrons. The van der Waals surface area contributed by atoms with Gasteiger partial charge in [0.2, 0.25) is 0 Å². The van der Waals surface area contributed by atoms with E-state index >= 15 is 0 Å². The highest BCUT2D eigenvalue weighted by molar-refractivity contribution is 5.95. The van der Waals surface area contributed by atoms with Crippen molar-refractivity contribution in [3.8, 4) is 11.8 Å². The molecule has 2 aromatic carbocycles. The van der Waals surface area contributed by atoms with Crippen molar-refractivity contribution in [2.24, 2.45) is 5.92 Å². The van der Waals surface area contributed by atoms with Crippen LogP contribution in [0.15, 0.2) is 48.5 Å². The van der Waals surface area contributed by atoms with E-state index in [1.54, 1.807) is 31.4 Å². The van der Waals surface area contributed by atoms with Crippen molar-refractivity contribution in [2.75, 3.05) is 32.1 Å². The molecule has 2 saturated heterocycles. The molecule has 2 heterocycles. The van der Waals surface area contributed by atoms with Crippen LogP contribution in [0.1, 0.15) is 34.8 Å². The third-order valence-corrected chi connectivity index (χ3v) is 6.14. The lowest BCUT2D eigenvalue weighted by Crippen LogP contribution is -2.45. The van der Waals surface area contributed by atoms with E-state index in [1.165, 1.54) is 0 Å². The van der Waals surface area contributed by atoms with Gasteiger partial charge in [0.15, 0.2) is 0 Å². The van der Waals surface area contributed by atoms with E-state index in [1.807, 2.05) is 24.3 Å². The third-order valence-electron chi connectivity index (χ3n) is 6.14. The van der Waals surface area contributed by atoms with Crippen molar-refractivity contribution >= 4 is 11.6 Å². The van der Waals surface area contributed by atoms with Crippen LogP contribution in [0.25, 0.3) is 0 Å². The van der Waals surface area contributed by atoms with Gasteiger partial charge in [-0.2, -0.15) is 5.26 Å². The molecule has 9 nitrogen and oxygen atoms in total. The van der Waals surface area contributed by atoms with Crippen molar-refractivity contribution in [1.29, 1.82) is 5.26 Å². The molecule has 9 heteroatoms. The molecule has 0 aromatic heterocycles. The van der Waals surface area contributed by atoms with Crippen LogP contribution in [0.5, 0.6) is 5.75 Å². The van der Waals surface area contributed by atoms with E-state index in [4.69, 9.17) is 4.74 Å². The second kappa shape index (κ2) is 11.1. The normalized spacial score (nSPS) is 21.7. The number of rotatable bonds is 8. The fraction of sp³-hybridized carbons (Fsp3) is 0.417. The van der Waals surface area contributed by atoms with Crippen LogP contribution in [-0.4, -0.2) is 45.0 Å². The topological polar surface area (TPSA) is 122 Å². The number of nitriles is 1. The summed E-state index contributed by atoms with van der Waals surface area (Å²) >= 11 is 0. The lowest BCUT2D eigenvalue weighted by Gasteiger charge is -2.27. The first-order chi connectivity index (χ1) is 16.2. The summed E-state index contributed by atoms with van der Waals surface area (Å²) in [6, 6.07) is 15.8. The van der Waals surface area contributed by atoms with E-state index in [0.29, 0.717) is 29.3 Å². The fourth-order valence-corrected chi connectivity index (χ4v) is 4.32. The summed E-state index contributed by atoms with van der Waals surface area (Å²) < 4.78 is 5.33. The minimum absolute atomic E-state index is 0.0795. The summed E-state index contributed by atoms with van der Waals surface area (Å²) in [6.45, 7) is 2.78. The van der Waals surface area contributed by atoms with Crippen LogP contribution in [0, 0.1) is 17.2 Å². The minimum Gasteiger partial charge on any atom is -0.496 e. The van der Waals surface area contributed by atoms with Crippen LogP contribution in [0.4, 0.5) is 5.69 Å². The number of benzene rings is 2. The van der Waals surface area contributed by atoms with Crippen molar-refractivity contribution in [3.05, 3.63) is 59.7 Å². The standard InChI is InChI=1S/C24H31N7O2/c1-33-21-8-3-2-7-19(21)20(14-25)28-24(32)17-5-4-6-18(13-17)27-15-22-29-23(31-30-22)16-9-11-26-12-10-16/h2-8,13,16,20,22-23,26-27,29-31H,9-12,15H2,1H3,(H,28,32)/t20-,22?,23?/m1/s1. The van der Waals surface area contributed by atoms with Crippen molar-refractivity contribution < 1.29 is 9.53 Å². The number of hydrogen-bond donors (Lipinski definition) is 6. The molecule has 0 aliphatic carbocycles. The zero-order chi connectivity index (χ0) is 23.0. The third kappa shape index (κ3) is 5.80. The van der Waals surface area contributed by atoms with Gasteiger partial charge >= 0.3 is 0 Å². The van der Waals surface area contributed by atoms with Gasteiger partial charge in [0.1, 0.15) is 11.8 Å². The fourth-order valence-electron chi connectivity index (χ4n) is 4.32. The quantitative estimate of drug-likeness (QED) is 0.358. The monoisotopic (exact) mass is 449 g/mol. The molecule has 2 unspecified atom stereocenters. The predicted octanol–water partition coefficient (Wildman–Crippen LogP) is 1.45. The Kier molecular flexibility index (Phi) is 7.75. The number of para-hydroxylation sites is 1. The average molecular weight is 450 g/mol. The number of hydrogen-bond acceptors (Lipinski definition) is 8. The molecular formula is C24H31N7O2. The summed E-state index contributed by atoms with van der Waals surface area (Å²) in [5, 5.41) is 22.8. The number of amides is 1. The Hall–Kier alpha value is -3.16. The number of carbonyl (C=O) groups excluding carboxylic acids is 1. The maximum absolute atomic E-state index is 12.8. The second-order valence-corrected chi connectivity index (χ2v) is 8.31. The van der Waals surface area contributed by atoms with Crippen LogP contribution in [0.3, 0.4) is 0 Å². The zero-order valence-corrected chi connectivity index (χ0v) is 18.7. The van der Waals surface area contributed by atoms with E-state index in [9.17, 15) is 10.1 Å². The molecule has 0 saturated carbocycles. The Morgan fingerprint density at radius 2 is 2.00 bits per heavy atom. The molecule has 0 bridgehead atoms. The van der Waals surface area contributed by atoms with Gasteiger partial charge in [-0.3, -0.25) is 10.1 Å². The van der Waals surface area contributed by atoms with E-state index in [2.05, 4.69) is 38.2 Å². The van der Waals surface area contributed by atoms with Gasteiger partial charge in [-0.25, -0.2) is 10.9 Å². The largest absolute Gasteiger partial charge is 0.496 e. The maximum atomic E-state index is 12.8. The maximum Gasteiger partial charge on any atom is 0.252 e. The Morgan fingerprint density at radius 1 is 1.18 bits per heavy atom. The Balaban J connectivity index is 1.33. The number of nitrogens with zero attached hydrogens (tertiary/aromatic N) is 1. The van der Waals surface area contributed by atoms with Crippen LogP contribution in [-0.2, 0) is 0 Å². The molecule has 2 aliphatic rings. The van der Waals surface area contributed by atoms with Gasteiger partial charge in [0, 0.05) is 23.4 Å². The van der Waals surface area contributed by atoms with Crippen LogP contribution < -0.4 is 36.9 Å². The first kappa shape index (κ1) is 23.0. The van der Waals surface area contributed by atoms with E-state index in [-0.39, 0.29) is 18.2 Å². The molecule has 0 spiro atoms. The predicted molar refractivity (Wildman–Crippen MR) is 126 cm³/mol. The van der Waals surface area contributed by atoms with Gasteiger partial charge in [-0.15, -0.1) is 0 Å². The highest BCUT2D eigenvalue weighted by atomic mass is 16.5. The molecule has 2 aromatic rings. The second-order valence-electron chi connectivity index (χ2n) is 8.31. The number of piperidine rings is 1. The van der Waals surface area contributed by atoms with Gasteiger partial charge in [0.25, 0.3) is 5.91 Å². The number of ether oxygens (including phenoxy) is 1. The summed E-state index contributed by atoms with van der Waals surface area (Å²) in [5.74, 6) is 0.848. The molecule has 174 valence electrons. The van der Waals surface area contributed by atoms with Crippen molar-refractivity contribution in [1.82, 2.24) is 26.8 Å². The first-order valence-electron chi connectivity index (χ1n) is 11.3. The summed E-state index contributed by atoms with van der Waals surface area (Å²) in [4.78, 5) is 12.8. The summed E-state index contributed by atoms with van der Waals surface area (Å²) in [7, 11) is 1.54. The average Bonchev–Trinajstić information content (AvgIpc) is 3.36. The number of carbonyl (C=O) groups is 1. The smallest absolute Gasteiger partial charge is 0.252 e. The van der Waals surface area contributed by atoms with Gasteiger partial charge in [0.05, 0.1) is 25.5 Å². The number of anilines is 1. The SMILES string of the molecule is COc1ccccc1[C@@H](C#N)NC(=O)c1cccc(NCC2NNC(C3CCNCC3)N2)c1. The molecule has 33 heavy (non-hydrogen) atoms. The number of methoxy groups -OCH3 is 1. The Labute approximate surface area is 194 Å². The summed E-state index contributed by atoms with van der Waals surface area (Å²) in [6.07, 6.45) is 2.65. The van der Waals surface area contributed by atoms with Crippen LogP contribution >= 0.6 is 0 Å². The first-order valence-corrected chi connectivity index (χ1v) is 11.3. The lowest BCUT2D eigenvalue weighted by molar-refractivity contribution is 0.0945. The van der Waals surface area contributed by atoms with E-state index in [0.717, 1.165) is 31.6 Å². The number of hydrazine groups is 1. The highest BCUT2D eigenvalue weighted by Gasteiger charge is 2.30. The summed E-state index contributed by atoms with van der Waals surface area (Å²) in [5.41, 5.74) is 8.60. The molecule has 1 amide bonds. The lowest BCUT2D eigenvalue weighted by atomic mass is 9.95. The molecule has 6 N–H and O–H groups in total. The molecule has 2 aliphatic heterocycles. The minimum atomic E-state index is -0.810. The van der Waals surface area contributed by atoms with Crippen molar-refractivity contribution in [2.45, 2.75) is 31.2 Å². The van der Waals surface area contributed by atoms with Crippen LogP contribution in [0.2, 0.25) is 0 Å². The number of nitrogens with one attached hydrogen (secondary N) is 6. The molecule has 3 atom stereocenters. The highest BCUT2D eigenvalue weighted by Crippen LogP contribution is 2.25. The zero-order valence-electron chi connectivity index (χ0n) is 18.7.